The van der Waals surface area contributed by atoms with Gasteiger partial charge in [0.25, 0.3) is 17.4 Å². The standard InChI is InChI=1S/C21H22F3N3O3/c1-26-13-14(19(29)27-10-6-2-3-7-11-27)12-17(20(26)30)25-18(28)15-8-4-5-9-16(15)21(22,23)24/h4-5,8-9,12-13H,2-3,6-7,10-11H2,1H3,(H,25,28). The third-order valence-electron chi connectivity index (χ3n) is 5.05. The third-order valence-corrected chi connectivity index (χ3v) is 5.05. The quantitative estimate of drug-likeness (QED) is 0.822. The summed E-state index contributed by atoms with van der Waals surface area (Å²) in [7, 11) is 1.42. The molecule has 0 atom stereocenters. The number of carbonyl (C=O) groups excluding carboxylic acids is 2. The maximum atomic E-state index is 13.2. The Hall–Kier alpha value is -3.10. The highest BCUT2D eigenvalue weighted by atomic mass is 19.4. The highest BCUT2D eigenvalue weighted by Crippen LogP contribution is 2.32. The number of aromatic nitrogens is 1. The van der Waals surface area contributed by atoms with Gasteiger partial charge in [0.2, 0.25) is 0 Å². The molecule has 3 rings (SSSR count). The van der Waals surface area contributed by atoms with E-state index >= 15 is 0 Å². The Balaban J connectivity index is 1.91. The first-order valence-electron chi connectivity index (χ1n) is 9.66. The fourth-order valence-corrected chi connectivity index (χ4v) is 3.49. The van der Waals surface area contributed by atoms with Crippen molar-refractivity contribution in [1.82, 2.24) is 9.47 Å². The molecule has 0 unspecified atom stereocenters. The summed E-state index contributed by atoms with van der Waals surface area (Å²) in [6.07, 6.45) is 0.497. The number of likely N-dealkylation sites (tertiary alicyclic amines) is 1. The van der Waals surface area contributed by atoms with Gasteiger partial charge in [-0.3, -0.25) is 14.4 Å². The zero-order valence-electron chi connectivity index (χ0n) is 16.5. The first-order chi connectivity index (χ1) is 14.2. The Morgan fingerprint density at radius 2 is 1.67 bits per heavy atom. The van der Waals surface area contributed by atoms with Crippen LogP contribution in [0.4, 0.5) is 18.9 Å². The van der Waals surface area contributed by atoms with Crippen LogP contribution >= 0.6 is 0 Å². The summed E-state index contributed by atoms with van der Waals surface area (Å²) in [6.45, 7) is 1.20. The van der Waals surface area contributed by atoms with Crippen molar-refractivity contribution in [2.45, 2.75) is 31.9 Å². The average molecular weight is 421 g/mol. The summed E-state index contributed by atoms with van der Waals surface area (Å²) in [5, 5.41) is 2.25. The highest BCUT2D eigenvalue weighted by Gasteiger charge is 2.35. The molecule has 0 saturated carbocycles. The van der Waals surface area contributed by atoms with E-state index in [1.54, 1.807) is 4.90 Å². The largest absolute Gasteiger partial charge is 0.417 e. The molecule has 2 amide bonds. The molecule has 2 heterocycles. The molecule has 6 nitrogen and oxygen atoms in total. The van der Waals surface area contributed by atoms with Crippen LogP contribution < -0.4 is 10.9 Å². The second-order valence-electron chi connectivity index (χ2n) is 7.26. The third kappa shape index (κ3) is 4.72. The molecule has 0 spiro atoms. The lowest BCUT2D eigenvalue weighted by atomic mass is 10.1. The zero-order valence-corrected chi connectivity index (χ0v) is 16.5. The lowest BCUT2D eigenvalue weighted by molar-refractivity contribution is -0.137. The number of benzene rings is 1. The molecule has 1 aliphatic heterocycles. The van der Waals surface area contributed by atoms with Crippen molar-refractivity contribution < 1.29 is 22.8 Å². The van der Waals surface area contributed by atoms with E-state index in [4.69, 9.17) is 0 Å². The van der Waals surface area contributed by atoms with E-state index in [2.05, 4.69) is 5.32 Å². The number of nitrogens with zero attached hydrogens (tertiary/aromatic N) is 2. The molecule has 0 bridgehead atoms. The predicted octanol–water partition coefficient (Wildman–Crippen LogP) is 3.67. The number of alkyl halides is 3. The van der Waals surface area contributed by atoms with Gasteiger partial charge in [-0.2, -0.15) is 13.2 Å². The molecule has 0 aliphatic carbocycles. The molecule has 160 valence electrons. The van der Waals surface area contributed by atoms with Crippen LogP contribution in [0.2, 0.25) is 0 Å². The first-order valence-corrected chi connectivity index (χ1v) is 9.66. The number of pyridine rings is 1. The van der Waals surface area contributed by atoms with Crippen LogP contribution in [0.1, 0.15) is 52.0 Å². The molecular formula is C21H22F3N3O3. The highest BCUT2D eigenvalue weighted by molar-refractivity contribution is 6.06. The van der Waals surface area contributed by atoms with Gasteiger partial charge < -0.3 is 14.8 Å². The topological polar surface area (TPSA) is 71.4 Å². The van der Waals surface area contributed by atoms with E-state index in [0.717, 1.165) is 42.4 Å². The summed E-state index contributed by atoms with van der Waals surface area (Å²) in [4.78, 5) is 39.5. The second-order valence-corrected chi connectivity index (χ2v) is 7.26. The fourth-order valence-electron chi connectivity index (χ4n) is 3.49. The van der Waals surface area contributed by atoms with Gasteiger partial charge in [0.1, 0.15) is 5.69 Å². The van der Waals surface area contributed by atoms with Crippen LogP contribution in [0.3, 0.4) is 0 Å². The monoisotopic (exact) mass is 421 g/mol. The van der Waals surface area contributed by atoms with Gasteiger partial charge in [-0.1, -0.05) is 25.0 Å². The van der Waals surface area contributed by atoms with Gasteiger partial charge in [-0.15, -0.1) is 0 Å². The lowest BCUT2D eigenvalue weighted by Gasteiger charge is -2.21. The molecule has 1 aromatic heterocycles. The van der Waals surface area contributed by atoms with Crippen molar-refractivity contribution in [2.75, 3.05) is 18.4 Å². The Morgan fingerprint density at radius 3 is 2.30 bits per heavy atom. The minimum absolute atomic E-state index is 0.193. The summed E-state index contributed by atoms with van der Waals surface area (Å²) >= 11 is 0. The van der Waals surface area contributed by atoms with Crippen LogP contribution in [0.5, 0.6) is 0 Å². The smallest absolute Gasteiger partial charge is 0.339 e. The molecule has 30 heavy (non-hydrogen) atoms. The van der Waals surface area contributed by atoms with Crippen molar-refractivity contribution in [3.63, 3.8) is 0 Å². The minimum atomic E-state index is -4.72. The Morgan fingerprint density at radius 1 is 1.03 bits per heavy atom. The minimum Gasteiger partial charge on any atom is -0.339 e. The number of amides is 2. The van der Waals surface area contributed by atoms with Crippen LogP contribution in [0.25, 0.3) is 0 Å². The summed E-state index contributed by atoms with van der Waals surface area (Å²) < 4.78 is 40.7. The second kappa shape index (κ2) is 8.73. The molecule has 2 aromatic rings. The van der Waals surface area contributed by atoms with Gasteiger partial charge >= 0.3 is 6.18 Å². The van der Waals surface area contributed by atoms with Crippen molar-refractivity contribution in [3.8, 4) is 0 Å². The van der Waals surface area contributed by atoms with Gasteiger partial charge in [0.05, 0.1) is 16.7 Å². The van der Waals surface area contributed by atoms with Crippen LogP contribution in [0, 0.1) is 0 Å². The molecule has 1 N–H and O–H groups in total. The van der Waals surface area contributed by atoms with Gasteiger partial charge in [0.15, 0.2) is 0 Å². The Labute approximate surface area is 171 Å². The first kappa shape index (κ1) is 21.6. The number of rotatable bonds is 3. The molecule has 9 heteroatoms. The molecule has 1 fully saturated rings. The van der Waals surface area contributed by atoms with Gasteiger partial charge in [-0.05, 0) is 31.0 Å². The van der Waals surface area contributed by atoms with Gasteiger partial charge in [-0.25, -0.2) is 0 Å². The SMILES string of the molecule is Cn1cc(C(=O)N2CCCCCC2)cc(NC(=O)c2ccccc2C(F)(F)F)c1=O. The normalized spacial score (nSPS) is 14.9. The van der Waals surface area contributed by atoms with Gasteiger partial charge in [0, 0.05) is 26.3 Å². The zero-order chi connectivity index (χ0) is 21.9. The maximum Gasteiger partial charge on any atom is 0.417 e. The van der Waals surface area contributed by atoms with E-state index in [1.165, 1.54) is 31.4 Å². The van der Waals surface area contributed by atoms with E-state index < -0.39 is 28.8 Å². The number of aryl methyl sites for hydroxylation is 1. The van der Waals surface area contributed by atoms with Crippen molar-refractivity contribution in [3.05, 3.63) is 63.6 Å². The molecule has 1 saturated heterocycles. The summed E-state index contributed by atoms with van der Waals surface area (Å²) in [6, 6.07) is 5.55. The van der Waals surface area contributed by atoms with E-state index in [9.17, 15) is 27.6 Å². The molecule has 0 radical (unpaired) electrons. The number of hydrogen-bond acceptors (Lipinski definition) is 3. The van der Waals surface area contributed by atoms with Crippen molar-refractivity contribution in [1.29, 1.82) is 0 Å². The van der Waals surface area contributed by atoms with E-state index in [0.29, 0.717) is 13.1 Å². The van der Waals surface area contributed by atoms with E-state index in [1.807, 2.05) is 0 Å². The number of hydrogen-bond donors (Lipinski definition) is 1. The van der Waals surface area contributed by atoms with E-state index in [-0.39, 0.29) is 17.2 Å². The molecule has 1 aromatic carbocycles. The van der Waals surface area contributed by atoms with Crippen LogP contribution in [-0.2, 0) is 13.2 Å². The predicted molar refractivity (Wildman–Crippen MR) is 105 cm³/mol. The summed E-state index contributed by atoms with van der Waals surface area (Å²) in [5.41, 5.74) is -2.38. The summed E-state index contributed by atoms with van der Waals surface area (Å²) in [5.74, 6) is -1.35. The van der Waals surface area contributed by atoms with Crippen molar-refractivity contribution in [2.24, 2.45) is 7.05 Å². The van der Waals surface area contributed by atoms with Crippen LogP contribution in [0.15, 0.2) is 41.3 Å². The van der Waals surface area contributed by atoms with Crippen molar-refractivity contribution >= 4 is 17.5 Å². The molecule has 1 aliphatic rings. The Bertz CT molecular complexity index is 1010. The van der Waals surface area contributed by atoms with Crippen LogP contribution in [-0.4, -0.2) is 34.4 Å². The maximum absolute atomic E-state index is 13.2. The number of halogens is 3. The lowest BCUT2D eigenvalue weighted by Crippen LogP contribution is -2.33. The average Bonchev–Trinajstić information content (AvgIpc) is 2.99. The number of carbonyl (C=O) groups is 2. The molecular weight excluding hydrogens is 399 g/mol. The number of anilines is 1. The number of nitrogens with one attached hydrogen (secondary N) is 1. The fraction of sp³-hybridized carbons (Fsp3) is 0.381. The Kier molecular flexibility index (Phi) is 6.28.